The van der Waals surface area contributed by atoms with Crippen LogP contribution in [0.5, 0.6) is 5.75 Å². The number of carbonyl (C=O) groups is 1. The summed E-state index contributed by atoms with van der Waals surface area (Å²) < 4.78 is 7.40. The first kappa shape index (κ1) is 14.6. The molecule has 0 atom stereocenters. The number of aromatic carboxylic acids is 1. The second kappa shape index (κ2) is 6.17. The largest absolute Gasteiger partial charge is 0.494 e. The molecule has 2 aromatic rings. The fraction of sp³-hybridized carbons (Fsp3) is 0.438. The number of rotatable bonds is 7. The summed E-state index contributed by atoms with van der Waals surface area (Å²) in [4.78, 5) is 11.2. The molecule has 0 bridgehead atoms. The van der Waals surface area contributed by atoms with Crippen LogP contribution in [0.25, 0.3) is 0 Å². The molecule has 0 radical (unpaired) electrons. The van der Waals surface area contributed by atoms with Crippen LogP contribution >= 0.6 is 0 Å². The highest BCUT2D eigenvalue weighted by Crippen LogP contribution is 2.41. The van der Waals surface area contributed by atoms with Crippen LogP contribution in [-0.4, -0.2) is 32.7 Å². The maximum atomic E-state index is 11.2. The van der Waals surface area contributed by atoms with Gasteiger partial charge in [-0.15, -0.1) is 5.10 Å². The van der Waals surface area contributed by atoms with Crippen molar-refractivity contribution in [1.29, 1.82) is 0 Å². The quantitative estimate of drug-likeness (QED) is 0.795. The molecule has 1 fully saturated rings. The van der Waals surface area contributed by atoms with Gasteiger partial charge < -0.3 is 9.84 Å². The molecule has 0 amide bonds. The molecule has 0 aliphatic heterocycles. The molecule has 116 valence electrons. The molecule has 6 heteroatoms. The van der Waals surface area contributed by atoms with E-state index in [1.165, 1.54) is 5.56 Å². The van der Waals surface area contributed by atoms with E-state index in [-0.39, 0.29) is 5.69 Å². The lowest BCUT2D eigenvalue weighted by Crippen LogP contribution is -2.10. The van der Waals surface area contributed by atoms with E-state index < -0.39 is 5.97 Å². The van der Waals surface area contributed by atoms with Gasteiger partial charge >= 0.3 is 5.97 Å². The lowest BCUT2D eigenvalue weighted by atomic mass is 10.2. The van der Waals surface area contributed by atoms with Gasteiger partial charge in [-0.05, 0) is 31.9 Å². The van der Waals surface area contributed by atoms with Crippen LogP contribution in [0.1, 0.15) is 46.9 Å². The summed E-state index contributed by atoms with van der Waals surface area (Å²) in [6, 6.07) is 7.92. The molecular formula is C16H19N3O3. The van der Waals surface area contributed by atoms with Gasteiger partial charge in [-0.1, -0.05) is 22.9 Å². The van der Waals surface area contributed by atoms with Crippen LogP contribution in [0, 0.1) is 6.92 Å². The Bertz CT molecular complexity index is 660. The zero-order valence-electron chi connectivity index (χ0n) is 12.5. The zero-order chi connectivity index (χ0) is 15.5. The summed E-state index contributed by atoms with van der Waals surface area (Å²) in [5.74, 6) is 0.154. The number of aryl methyl sites for hydroxylation is 2. The SMILES string of the molecule is Cc1ccc(OCCCn2nnc(C(=O)O)c2C2CC2)cc1. The second-order valence-electron chi connectivity index (χ2n) is 5.64. The monoisotopic (exact) mass is 301 g/mol. The fourth-order valence-electron chi connectivity index (χ4n) is 2.44. The van der Waals surface area contributed by atoms with Crippen molar-refractivity contribution in [3.05, 3.63) is 41.2 Å². The average molecular weight is 301 g/mol. The van der Waals surface area contributed by atoms with Gasteiger partial charge in [0.2, 0.25) is 0 Å². The third kappa shape index (κ3) is 3.27. The number of carboxylic acid groups (broad SMARTS) is 1. The Hall–Kier alpha value is -2.37. The first-order valence-electron chi connectivity index (χ1n) is 7.51. The van der Waals surface area contributed by atoms with E-state index in [4.69, 9.17) is 9.84 Å². The molecule has 1 aliphatic carbocycles. The van der Waals surface area contributed by atoms with Crippen LogP contribution in [0.3, 0.4) is 0 Å². The van der Waals surface area contributed by atoms with Gasteiger partial charge in [0.15, 0.2) is 5.69 Å². The minimum absolute atomic E-state index is 0.0990. The Morgan fingerprint density at radius 1 is 1.36 bits per heavy atom. The summed E-state index contributed by atoms with van der Waals surface area (Å²) in [7, 11) is 0. The van der Waals surface area contributed by atoms with Gasteiger partial charge in [-0.25, -0.2) is 9.48 Å². The zero-order valence-corrected chi connectivity index (χ0v) is 12.5. The number of carboxylic acids is 1. The molecule has 1 N–H and O–H groups in total. The minimum atomic E-state index is -0.996. The van der Waals surface area contributed by atoms with E-state index in [0.717, 1.165) is 30.7 Å². The van der Waals surface area contributed by atoms with E-state index >= 15 is 0 Å². The predicted molar refractivity (Wildman–Crippen MR) is 80.2 cm³/mol. The van der Waals surface area contributed by atoms with E-state index in [0.29, 0.717) is 19.1 Å². The molecule has 1 aromatic carbocycles. The van der Waals surface area contributed by atoms with E-state index in [1.807, 2.05) is 31.2 Å². The molecule has 1 saturated carbocycles. The Morgan fingerprint density at radius 3 is 2.73 bits per heavy atom. The topological polar surface area (TPSA) is 77.2 Å². The lowest BCUT2D eigenvalue weighted by molar-refractivity contribution is 0.0689. The molecule has 0 spiro atoms. The standard InChI is InChI=1S/C16H19N3O3/c1-11-3-7-13(8-4-11)22-10-2-9-19-15(12-5-6-12)14(16(20)21)17-18-19/h3-4,7-8,12H,2,5-6,9-10H2,1H3,(H,20,21). The molecule has 3 rings (SSSR count). The number of hydrogen-bond donors (Lipinski definition) is 1. The number of benzene rings is 1. The molecule has 1 heterocycles. The number of ether oxygens (including phenoxy) is 1. The number of nitrogens with zero attached hydrogens (tertiary/aromatic N) is 3. The third-order valence-electron chi connectivity index (χ3n) is 3.74. The molecule has 0 saturated heterocycles. The molecule has 0 unspecified atom stereocenters. The first-order chi connectivity index (χ1) is 10.6. The van der Waals surface area contributed by atoms with Gasteiger partial charge in [-0.3, -0.25) is 0 Å². The van der Waals surface area contributed by atoms with Crippen molar-refractivity contribution in [2.24, 2.45) is 0 Å². The molecule has 6 nitrogen and oxygen atoms in total. The Labute approximate surface area is 128 Å². The van der Waals surface area contributed by atoms with Crippen LogP contribution in [0.15, 0.2) is 24.3 Å². The van der Waals surface area contributed by atoms with E-state index in [1.54, 1.807) is 4.68 Å². The minimum Gasteiger partial charge on any atom is -0.494 e. The van der Waals surface area contributed by atoms with Crippen molar-refractivity contribution in [3.63, 3.8) is 0 Å². The van der Waals surface area contributed by atoms with Gasteiger partial charge in [0.1, 0.15) is 5.75 Å². The van der Waals surface area contributed by atoms with Crippen LogP contribution in [0.4, 0.5) is 0 Å². The van der Waals surface area contributed by atoms with Gasteiger partial charge in [0.05, 0.1) is 12.3 Å². The predicted octanol–water partition coefficient (Wildman–Crippen LogP) is 2.63. The third-order valence-corrected chi connectivity index (χ3v) is 3.74. The summed E-state index contributed by atoms with van der Waals surface area (Å²) in [5.41, 5.74) is 2.06. The Balaban J connectivity index is 1.55. The molecular weight excluding hydrogens is 282 g/mol. The van der Waals surface area contributed by atoms with Crippen molar-refractivity contribution in [1.82, 2.24) is 15.0 Å². The first-order valence-corrected chi connectivity index (χ1v) is 7.51. The van der Waals surface area contributed by atoms with Crippen LogP contribution < -0.4 is 4.74 Å². The summed E-state index contributed by atoms with van der Waals surface area (Å²) in [6.45, 7) is 3.22. The van der Waals surface area contributed by atoms with Crippen LogP contribution in [-0.2, 0) is 6.54 Å². The Kier molecular flexibility index (Phi) is 4.09. The van der Waals surface area contributed by atoms with Gasteiger partial charge in [0, 0.05) is 18.9 Å². The van der Waals surface area contributed by atoms with Crippen molar-refractivity contribution in [2.75, 3.05) is 6.61 Å². The van der Waals surface area contributed by atoms with E-state index in [2.05, 4.69) is 10.3 Å². The Morgan fingerprint density at radius 2 is 2.09 bits per heavy atom. The van der Waals surface area contributed by atoms with Crippen molar-refractivity contribution < 1.29 is 14.6 Å². The average Bonchev–Trinajstić information content (AvgIpc) is 3.25. The smallest absolute Gasteiger partial charge is 0.358 e. The van der Waals surface area contributed by atoms with Crippen molar-refractivity contribution in [3.8, 4) is 5.75 Å². The number of aromatic nitrogens is 3. The highest BCUT2D eigenvalue weighted by atomic mass is 16.5. The maximum Gasteiger partial charge on any atom is 0.358 e. The second-order valence-corrected chi connectivity index (χ2v) is 5.64. The normalized spacial score (nSPS) is 14.0. The molecule has 22 heavy (non-hydrogen) atoms. The van der Waals surface area contributed by atoms with E-state index in [9.17, 15) is 4.79 Å². The summed E-state index contributed by atoms with van der Waals surface area (Å²) in [6.07, 6.45) is 2.80. The van der Waals surface area contributed by atoms with Crippen LogP contribution in [0.2, 0.25) is 0 Å². The number of hydrogen-bond acceptors (Lipinski definition) is 4. The van der Waals surface area contributed by atoms with Crippen molar-refractivity contribution >= 4 is 5.97 Å². The van der Waals surface area contributed by atoms with Gasteiger partial charge in [0.25, 0.3) is 0 Å². The summed E-state index contributed by atoms with van der Waals surface area (Å²) >= 11 is 0. The lowest BCUT2D eigenvalue weighted by Gasteiger charge is -2.08. The maximum absolute atomic E-state index is 11.2. The van der Waals surface area contributed by atoms with Gasteiger partial charge in [-0.2, -0.15) is 0 Å². The molecule has 1 aromatic heterocycles. The van der Waals surface area contributed by atoms with Crippen molar-refractivity contribution in [2.45, 2.75) is 38.6 Å². The fourth-order valence-corrected chi connectivity index (χ4v) is 2.44. The molecule has 1 aliphatic rings. The highest BCUT2D eigenvalue weighted by molar-refractivity contribution is 5.86. The highest BCUT2D eigenvalue weighted by Gasteiger charge is 2.33. The summed E-state index contributed by atoms with van der Waals surface area (Å²) in [5, 5.41) is 16.9.